The first-order chi connectivity index (χ1) is 25.7. The highest BCUT2D eigenvalue weighted by molar-refractivity contribution is 5.91. The molecule has 0 saturated carbocycles. The number of nitrogens with zero attached hydrogens (tertiary/aromatic N) is 4. The lowest BCUT2D eigenvalue weighted by Gasteiger charge is -2.24. The monoisotopic (exact) mass is 710 g/mol. The summed E-state index contributed by atoms with van der Waals surface area (Å²) >= 11 is 0. The standard InChI is InChI=1S/C42H42N6O5/c1-23-28(6-4-8-30(23)35-21-45-36(41(47-35)52-3)20-44-19-27-10-13-39(49)46-27)29-7-5-9-31(24(29)2)38-17-26-16-33-32(34(18-43)40(26)53-38)11-12-37(33)48-15-14-25(22-48)42(50)51/h4-9,16-17,21,25,27,37,44H,10-15,19-20,22H2,1-3H3,(H,46,49)(H,50,51)/t25-,27+,37-/m1/s1. The van der Waals surface area contributed by atoms with Gasteiger partial charge in [0.05, 0.1) is 30.5 Å². The van der Waals surface area contributed by atoms with Crippen LogP contribution in [0.3, 0.4) is 0 Å². The minimum Gasteiger partial charge on any atom is -0.481 e. The molecule has 0 bridgehead atoms. The number of carboxylic acids is 1. The van der Waals surface area contributed by atoms with Crippen LogP contribution in [0.15, 0.2) is 59.1 Å². The molecule has 4 heterocycles. The van der Waals surface area contributed by atoms with Crippen molar-refractivity contribution >= 4 is 22.8 Å². The molecule has 1 aliphatic carbocycles. The van der Waals surface area contributed by atoms with Crippen LogP contribution in [0.25, 0.3) is 44.7 Å². The number of hydrogen-bond acceptors (Lipinski definition) is 9. The molecule has 3 aliphatic rings. The molecule has 3 aromatic carbocycles. The van der Waals surface area contributed by atoms with Gasteiger partial charge in [-0.05, 0) is 91.6 Å². The third-order valence-electron chi connectivity index (χ3n) is 11.4. The van der Waals surface area contributed by atoms with Crippen LogP contribution >= 0.6 is 0 Å². The van der Waals surface area contributed by atoms with Crippen molar-refractivity contribution in [1.29, 1.82) is 5.26 Å². The van der Waals surface area contributed by atoms with Crippen molar-refractivity contribution in [3.63, 3.8) is 0 Å². The summed E-state index contributed by atoms with van der Waals surface area (Å²) in [6.07, 6.45) is 5.46. The number of carbonyl (C=O) groups is 2. The summed E-state index contributed by atoms with van der Waals surface area (Å²) in [6.45, 7) is 6.60. The van der Waals surface area contributed by atoms with Crippen LogP contribution in [0.2, 0.25) is 0 Å². The zero-order valence-corrected chi connectivity index (χ0v) is 30.2. The molecule has 0 radical (unpaired) electrons. The van der Waals surface area contributed by atoms with Gasteiger partial charge >= 0.3 is 5.97 Å². The van der Waals surface area contributed by atoms with Gasteiger partial charge in [-0.3, -0.25) is 19.5 Å². The van der Waals surface area contributed by atoms with Crippen molar-refractivity contribution < 1.29 is 23.8 Å². The number of aromatic nitrogens is 2. The number of nitrogens with one attached hydrogen (secondary N) is 2. The van der Waals surface area contributed by atoms with Crippen LogP contribution < -0.4 is 15.4 Å². The minimum absolute atomic E-state index is 0.0938. The number of furan rings is 1. The highest BCUT2D eigenvalue weighted by atomic mass is 16.5. The van der Waals surface area contributed by atoms with Gasteiger partial charge < -0.3 is 24.9 Å². The number of carbonyl (C=O) groups excluding carboxylic acids is 1. The molecule has 0 spiro atoms. The fraction of sp³-hybridized carbons (Fsp3) is 0.357. The summed E-state index contributed by atoms with van der Waals surface area (Å²) in [5, 5.41) is 27.2. The Balaban J connectivity index is 1.08. The fourth-order valence-corrected chi connectivity index (χ4v) is 8.56. The molecule has 11 nitrogen and oxygen atoms in total. The third-order valence-corrected chi connectivity index (χ3v) is 11.4. The molecule has 1 amide bonds. The van der Waals surface area contributed by atoms with Crippen LogP contribution in [0, 0.1) is 31.1 Å². The number of hydrogen-bond donors (Lipinski definition) is 3. The van der Waals surface area contributed by atoms with Gasteiger partial charge in [0.2, 0.25) is 11.8 Å². The Hall–Kier alpha value is -5.57. The molecule has 2 fully saturated rings. The second kappa shape index (κ2) is 14.1. The SMILES string of the molecule is COc1nc(-c2cccc(-c3cccc(-c4cc5cc6c(c(C#N)c5o4)CC[C@H]6N4CC[C@@H](C(=O)O)C4)c3C)c2C)cnc1CNC[C@@H]1CCC(=O)N1. The molecule has 2 saturated heterocycles. The molecule has 2 aromatic heterocycles. The molecular formula is C42H42N6O5. The number of methoxy groups -OCH3 is 1. The molecular weight excluding hydrogens is 668 g/mol. The summed E-state index contributed by atoms with van der Waals surface area (Å²) in [4.78, 5) is 35.0. The van der Waals surface area contributed by atoms with Crippen molar-refractivity contribution in [2.75, 3.05) is 26.7 Å². The van der Waals surface area contributed by atoms with Gasteiger partial charge in [-0.25, -0.2) is 4.98 Å². The van der Waals surface area contributed by atoms with E-state index in [0.717, 1.165) is 75.7 Å². The summed E-state index contributed by atoms with van der Waals surface area (Å²) < 4.78 is 12.2. The van der Waals surface area contributed by atoms with Crippen LogP contribution in [0.4, 0.5) is 0 Å². The fourth-order valence-electron chi connectivity index (χ4n) is 8.56. The topological polar surface area (TPSA) is 154 Å². The first kappa shape index (κ1) is 34.5. The van der Waals surface area contributed by atoms with Gasteiger partial charge in [-0.1, -0.05) is 36.4 Å². The number of aliphatic carboxylic acids is 1. The normalized spacial score (nSPS) is 19.7. The van der Waals surface area contributed by atoms with E-state index < -0.39 is 5.97 Å². The first-order valence-electron chi connectivity index (χ1n) is 18.3. The van der Waals surface area contributed by atoms with Gasteiger partial charge in [0, 0.05) is 54.7 Å². The number of benzene rings is 3. The quantitative estimate of drug-likeness (QED) is 0.147. The maximum atomic E-state index is 11.7. The molecule has 270 valence electrons. The summed E-state index contributed by atoms with van der Waals surface area (Å²) in [6, 6.07) is 19.2. The second-order valence-electron chi connectivity index (χ2n) is 14.4. The molecule has 3 N–H and O–H groups in total. The molecule has 0 unspecified atom stereocenters. The van der Waals surface area contributed by atoms with Crippen molar-refractivity contribution in [1.82, 2.24) is 25.5 Å². The summed E-state index contributed by atoms with van der Waals surface area (Å²) in [5.41, 5.74) is 10.9. The number of amides is 1. The van der Waals surface area contributed by atoms with E-state index in [2.05, 4.69) is 59.7 Å². The smallest absolute Gasteiger partial charge is 0.307 e. The van der Waals surface area contributed by atoms with Crippen molar-refractivity contribution in [3.8, 4) is 45.7 Å². The molecule has 3 atom stereocenters. The lowest BCUT2D eigenvalue weighted by atomic mass is 9.90. The van der Waals surface area contributed by atoms with Crippen molar-refractivity contribution in [2.45, 2.75) is 64.6 Å². The van der Waals surface area contributed by atoms with E-state index in [9.17, 15) is 20.0 Å². The zero-order chi connectivity index (χ0) is 36.8. The predicted octanol–water partition coefficient (Wildman–Crippen LogP) is 6.48. The zero-order valence-electron chi connectivity index (χ0n) is 30.2. The largest absolute Gasteiger partial charge is 0.481 e. The summed E-state index contributed by atoms with van der Waals surface area (Å²) in [7, 11) is 1.60. The van der Waals surface area contributed by atoms with Gasteiger partial charge in [-0.2, -0.15) is 5.26 Å². The van der Waals surface area contributed by atoms with Crippen molar-refractivity contribution in [3.05, 3.63) is 88.2 Å². The highest BCUT2D eigenvalue weighted by Crippen LogP contribution is 2.45. The lowest BCUT2D eigenvalue weighted by molar-refractivity contribution is -0.141. The molecule has 5 aromatic rings. The Morgan fingerprint density at radius 2 is 1.83 bits per heavy atom. The first-order valence-corrected chi connectivity index (χ1v) is 18.3. The van der Waals surface area contributed by atoms with Gasteiger partial charge in [0.1, 0.15) is 17.5 Å². The van der Waals surface area contributed by atoms with E-state index in [0.29, 0.717) is 66.7 Å². The Kier molecular flexibility index (Phi) is 9.18. The van der Waals surface area contributed by atoms with Crippen LogP contribution in [0.5, 0.6) is 5.88 Å². The van der Waals surface area contributed by atoms with E-state index in [1.807, 2.05) is 24.3 Å². The average molecular weight is 711 g/mol. The van der Waals surface area contributed by atoms with Crippen molar-refractivity contribution in [2.24, 2.45) is 5.92 Å². The van der Waals surface area contributed by atoms with E-state index in [4.69, 9.17) is 19.1 Å². The molecule has 53 heavy (non-hydrogen) atoms. The number of carboxylic acid groups (broad SMARTS) is 1. The third kappa shape index (κ3) is 6.32. The van der Waals surface area contributed by atoms with Gasteiger partial charge in [0.15, 0.2) is 5.58 Å². The number of rotatable bonds is 10. The van der Waals surface area contributed by atoms with Crippen LogP contribution in [0.1, 0.15) is 65.2 Å². The van der Waals surface area contributed by atoms with E-state index in [1.54, 1.807) is 13.3 Å². The molecule has 2 aliphatic heterocycles. The van der Waals surface area contributed by atoms with Gasteiger partial charge in [0.25, 0.3) is 0 Å². The van der Waals surface area contributed by atoms with Crippen LogP contribution in [-0.2, 0) is 22.6 Å². The van der Waals surface area contributed by atoms with E-state index >= 15 is 0 Å². The van der Waals surface area contributed by atoms with E-state index in [1.165, 1.54) is 0 Å². The second-order valence-corrected chi connectivity index (χ2v) is 14.4. The predicted molar refractivity (Wildman–Crippen MR) is 200 cm³/mol. The Morgan fingerprint density at radius 3 is 2.53 bits per heavy atom. The van der Waals surface area contributed by atoms with E-state index in [-0.39, 0.29) is 23.9 Å². The number of ether oxygens (including phenoxy) is 1. The maximum Gasteiger partial charge on any atom is 0.307 e. The Bertz CT molecular complexity index is 2310. The Labute approximate surface area is 308 Å². The maximum absolute atomic E-state index is 11.7. The molecule has 8 rings (SSSR count). The number of fused-ring (bicyclic) bond motifs is 2. The average Bonchev–Trinajstić information content (AvgIpc) is 3.98. The summed E-state index contributed by atoms with van der Waals surface area (Å²) in [5.74, 6) is 0.167. The highest BCUT2D eigenvalue weighted by Gasteiger charge is 2.37. The van der Waals surface area contributed by atoms with Gasteiger partial charge in [-0.15, -0.1) is 0 Å². The molecule has 11 heteroatoms. The van der Waals surface area contributed by atoms with Crippen LogP contribution in [-0.4, -0.2) is 64.6 Å². The minimum atomic E-state index is -0.738. The number of nitriles is 1. The Morgan fingerprint density at radius 1 is 1.08 bits per heavy atom. The number of likely N-dealkylation sites (tertiary alicyclic amines) is 1. The lowest BCUT2D eigenvalue weighted by Crippen LogP contribution is -2.35.